The smallest absolute Gasteiger partial charge is 0.398 e. The van der Waals surface area contributed by atoms with Crippen molar-refractivity contribution in [1.82, 2.24) is 4.98 Å². The molecule has 1 aromatic heterocycles. The van der Waals surface area contributed by atoms with Crippen LogP contribution >= 0.6 is 0 Å². The number of H-pyrrole nitrogens is 1. The third kappa shape index (κ3) is 2.62. The fraction of sp³-hybridized carbons (Fsp3) is 0.571. The largest absolute Gasteiger partial charge is 0.525 e. The van der Waals surface area contributed by atoms with E-state index >= 15 is 0 Å². The number of aromatic amines is 1. The number of hydrogen-bond donors (Lipinski definition) is 1. The van der Waals surface area contributed by atoms with Gasteiger partial charge in [0.25, 0.3) is 0 Å². The zero-order chi connectivity index (χ0) is 14.4. The summed E-state index contributed by atoms with van der Waals surface area (Å²) in [5.74, 6) is 0. The Morgan fingerprint density at radius 1 is 1.21 bits per heavy atom. The maximum Gasteiger partial charge on any atom is 0.525 e. The lowest BCUT2D eigenvalue weighted by Crippen LogP contribution is -2.41. The van der Waals surface area contributed by atoms with E-state index in [1.807, 2.05) is 47.6 Å². The van der Waals surface area contributed by atoms with Crippen LogP contribution in [0.2, 0.25) is 0 Å². The third-order valence-corrected chi connectivity index (χ3v) is 3.96. The fourth-order valence-corrected chi connectivity index (χ4v) is 2.07. The van der Waals surface area contributed by atoms with Gasteiger partial charge in [0.15, 0.2) is 0 Å². The van der Waals surface area contributed by atoms with Crippen LogP contribution < -0.4 is 0 Å². The van der Waals surface area contributed by atoms with Crippen molar-refractivity contribution in [2.45, 2.75) is 52.7 Å². The Kier molecular flexibility index (Phi) is 3.39. The van der Waals surface area contributed by atoms with Crippen LogP contribution in [0.15, 0.2) is 11.8 Å². The molecule has 0 saturated carbocycles. The summed E-state index contributed by atoms with van der Waals surface area (Å²) in [6.07, 6.45) is 1.47. The molecule has 1 aromatic rings. The Balaban J connectivity index is 2.22. The van der Waals surface area contributed by atoms with Crippen molar-refractivity contribution in [3.8, 4) is 0 Å². The van der Waals surface area contributed by atoms with Gasteiger partial charge in [0.05, 0.1) is 11.2 Å². The third-order valence-electron chi connectivity index (χ3n) is 3.96. The Bertz CT molecular complexity index is 504. The quantitative estimate of drug-likeness (QED) is 0.829. The summed E-state index contributed by atoms with van der Waals surface area (Å²) in [5, 5.41) is 0. The Morgan fingerprint density at radius 2 is 1.74 bits per heavy atom. The summed E-state index contributed by atoms with van der Waals surface area (Å²) < 4.78 is 25.6. The number of hydrogen-bond acceptors (Lipinski definition) is 2. The summed E-state index contributed by atoms with van der Waals surface area (Å²) >= 11 is 0. The minimum Gasteiger partial charge on any atom is -0.398 e. The lowest BCUT2D eigenvalue weighted by molar-refractivity contribution is 0.00578. The molecular weight excluding hydrogens is 244 g/mol. The molecule has 1 fully saturated rings. The predicted octanol–water partition coefficient (Wildman–Crippen LogP) is 3.57. The van der Waals surface area contributed by atoms with E-state index in [9.17, 15) is 4.39 Å². The van der Waals surface area contributed by atoms with Gasteiger partial charge in [-0.15, -0.1) is 0 Å². The minimum absolute atomic E-state index is 0.402. The van der Waals surface area contributed by atoms with Crippen LogP contribution in [0.5, 0.6) is 0 Å². The van der Waals surface area contributed by atoms with Crippen LogP contribution in [-0.4, -0.2) is 23.3 Å². The topological polar surface area (TPSA) is 34.2 Å². The molecule has 0 unspecified atom stereocenters. The van der Waals surface area contributed by atoms with Crippen molar-refractivity contribution in [3.05, 3.63) is 28.7 Å². The van der Waals surface area contributed by atoms with Crippen LogP contribution in [0.3, 0.4) is 0 Å². The fourth-order valence-electron chi connectivity index (χ4n) is 2.07. The van der Waals surface area contributed by atoms with Gasteiger partial charge in [-0.3, -0.25) is 0 Å². The molecule has 19 heavy (non-hydrogen) atoms. The highest BCUT2D eigenvalue weighted by molar-refractivity contribution is 6.54. The Hall–Kier alpha value is -1.07. The van der Waals surface area contributed by atoms with Crippen LogP contribution in [0, 0.1) is 13.8 Å². The normalized spacial score (nSPS) is 22.1. The molecule has 0 radical (unpaired) electrons. The van der Waals surface area contributed by atoms with Crippen molar-refractivity contribution in [3.63, 3.8) is 0 Å². The lowest BCUT2D eigenvalue weighted by Gasteiger charge is -2.32. The summed E-state index contributed by atoms with van der Waals surface area (Å²) in [5.41, 5.74) is 1.32. The highest BCUT2D eigenvalue weighted by atomic mass is 19.1. The molecule has 1 aliphatic heterocycles. The van der Waals surface area contributed by atoms with Gasteiger partial charge < -0.3 is 14.3 Å². The van der Waals surface area contributed by atoms with Gasteiger partial charge in [-0.05, 0) is 59.2 Å². The highest BCUT2D eigenvalue weighted by Gasteiger charge is 2.53. The van der Waals surface area contributed by atoms with E-state index in [1.165, 1.54) is 6.08 Å². The van der Waals surface area contributed by atoms with Crippen molar-refractivity contribution < 1.29 is 13.7 Å². The van der Waals surface area contributed by atoms with Gasteiger partial charge in [0.1, 0.15) is 5.73 Å². The molecule has 2 heterocycles. The van der Waals surface area contributed by atoms with Gasteiger partial charge in [-0.2, -0.15) is 0 Å². The molecule has 104 valence electrons. The molecule has 1 saturated heterocycles. The highest BCUT2D eigenvalue weighted by Crippen LogP contribution is 2.39. The van der Waals surface area contributed by atoms with Crippen molar-refractivity contribution in [2.75, 3.05) is 0 Å². The van der Waals surface area contributed by atoms with Crippen LogP contribution in [0.25, 0.3) is 6.08 Å². The van der Waals surface area contributed by atoms with Gasteiger partial charge >= 0.3 is 7.12 Å². The maximum absolute atomic E-state index is 14.3. The number of rotatable bonds is 2. The zero-order valence-corrected chi connectivity index (χ0v) is 12.4. The van der Waals surface area contributed by atoms with E-state index in [2.05, 4.69) is 4.98 Å². The molecule has 0 spiro atoms. The first-order valence-electron chi connectivity index (χ1n) is 6.51. The molecule has 0 bridgehead atoms. The van der Waals surface area contributed by atoms with E-state index in [-0.39, 0.29) is 0 Å². The van der Waals surface area contributed by atoms with E-state index in [0.717, 1.165) is 17.0 Å². The first-order chi connectivity index (χ1) is 8.62. The van der Waals surface area contributed by atoms with Crippen LogP contribution in [0.1, 0.15) is 44.6 Å². The standard InChI is InChI=1S/C14H21BFNO2/c1-9-7-11(10(2)17-9)8-12(16)15-18-13(3,4)14(5,6)19-15/h7-8,17H,1-6H3. The van der Waals surface area contributed by atoms with Crippen LogP contribution in [0.4, 0.5) is 4.39 Å². The van der Waals surface area contributed by atoms with Crippen LogP contribution in [-0.2, 0) is 9.31 Å². The second-order valence-electron chi connectivity index (χ2n) is 6.15. The Labute approximate surface area is 114 Å². The van der Waals surface area contributed by atoms with Gasteiger partial charge in [0, 0.05) is 11.4 Å². The van der Waals surface area contributed by atoms with Gasteiger partial charge in [-0.1, -0.05) is 0 Å². The molecular formula is C14H21BFNO2. The zero-order valence-electron chi connectivity index (χ0n) is 12.4. The SMILES string of the molecule is Cc1cc(C=C(F)B2OC(C)(C)C(C)(C)O2)c(C)[nH]1. The first kappa shape index (κ1) is 14.3. The summed E-state index contributed by atoms with van der Waals surface area (Å²) in [7, 11) is -0.931. The molecule has 1 N–H and O–H groups in total. The average molecular weight is 265 g/mol. The van der Waals surface area contributed by atoms with Crippen molar-refractivity contribution in [2.24, 2.45) is 0 Å². The molecule has 1 aliphatic rings. The van der Waals surface area contributed by atoms with E-state index in [0.29, 0.717) is 0 Å². The number of aryl methyl sites for hydroxylation is 2. The molecule has 5 heteroatoms. The predicted molar refractivity (Wildman–Crippen MR) is 75.4 cm³/mol. The number of aromatic nitrogens is 1. The van der Waals surface area contributed by atoms with E-state index in [1.54, 1.807) is 0 Å². The number of halogens is 1. The van der Waals surface area contributed by atoms with E-state index < -0.39 is 24.0 Å². The molecule has 0 aromatic carbocycles. The molecule has 0 aliphatic carbocycles. The van der Waals surface area contributed by atoms with Crippen molar-refractivity contribution >= 4 is 13.2 Å². The Morgan fingerprint density at radius 3 is 2.16 bits per heavy atom. The van der Waals surface area contributed by atoms with E-state index in [4.69, 9.17) is 9.31 Å². The lowest BCUT2D eigenvalue weighted by atomic mass is 9.87. The molecule has 3 nitrogen and oxygen atoms in total. The number of nitrogens with one attached hydrogen (secondary N) is 1. The summed E-state index contributed by atoms with van der Waals surface area (Å²) in [6.45, 7) is 11.5. The molecule has 0 atom stereocenters. The monoisotopic (exact) mass is 265 g/mol. The molecule has 0 amide bonds. The van der Waals surface area contributed by atoms with Gasteiger partial charge in [-0.25, -0.2) is 4.39 Å². The van der Waals surface area contributed by atoms with Gasteiger partial charge in [0.2, 0.25) is 0 Å². The summed E-state index contributed by atoms with van der Waals surface area (Å²) in [4.78, 5) is 3.14. The second kappa shape index (κ2) is 4.49. The molecule has 2 rings (SSSR count). The first-order valence-corrected chi connectivity index (χ1v) is 6.51. The maximum atomic E-state index is 14.3. The second-order valence-corrected chi connectivity index (χ2v) is 6.15. The van der Waals surface area contributed by atoms with Crippen molar-refractivity contribution in [1.29, 1.82) is 0 Å². The summed E-state index contributed by atoms with van der Waals surface area (Å²) in [6, 6.07) is 1.90. The average Bonchev–Trinajstić information content (AvgIpc) is 2.65. The minimum atomic E-state index is -0.931.